The second-order valence-corrected chi connectivity index (χ2v) is 7.21. The van der Waals surface area contributed by atoms with Gasteiger partial charge in [-0.1, -0.05) is 18.2 Å². The molecule has 0 aliphatic carbocycles. The Morgan fingerprint density at radius 2 is 2.00 bits per heavy atom. The van der Waals surface area contributed by atoms with Gasteiger partial charge >= 0.3 is 6.03 Å². The third kappa shape index (κ3) is 4.36. The van der Waals surface area contributed by atoms with Crippen LogP contribution in [0.25, 0.3) is 0 Å². The van der Waals surface area contributed by atoms with Crippen molar-refractivity contribution < 1.29 is 9.59 Å². The number of rotatable bonds is 5. The van der Waals surface area contributed by atoms with Gasteiger partial charge in [-0.05, 0) is 41.5 Å². The molecule has 154 valence electrons. The van der Waals surface area contributed by atoms with Crippen LogP contribution in [0.2, 0.25) is 0 Å². The SMILES string of the molecule is CN1C(=O)N(Cc2ccc(C#N)cc2)Cc2cc(C(=O)NCc3ccccn3)ncc21. The van der Waals surface area contributed by atoms with E-state index in [0.717, 1.165) is 16.8 Å². The number of urea groups is 1. The topological polar surface area (TPSA) is 102 Å². The molecule has 1 aliphatic rings. The average molecular weight is 412 g/mol. The number of nitrogens with zero attached hydrogens (tertiary/aromatic N) is 5. The fourth-order valence-corrected chi connectivity index (χ4v) is 3.42. The normalized spacial score (nSPS) is 12.8. The Morgan fingerprint density at radius 1 is 1.19 bits per heavy atom. The molecule has 0 radical (unpaired) electrons. The minimum absolute atomic E-state index is 0.147. The number of anilines is 1. The molecule has 1 aromatic carbocycles. The largest absolute Gasteiger partial charge is 0.345 e. The molecule has 0 spiro atoms. The number of carbonyl (C=O) groups excluding carboxylic acids is 2. The summed E-state index contributed by atoms with van der Waals surface area (Å²) in [5, 5.41) is 11.8. The van der Waals surface area contributed by atoms with Crippen LogP contribution in [0.15, 0.2) is 60.9 Å². The van der Waals surface area contributed by atoms with Gasteiger partial charge in [-0.15, -0.1) is 0 Å². The van der Waals surface area contributed by atoms with E-state index in [-0.39, 0.29) is 17.6 Å². The molecule has 0 bridgehead atoms. The predicted molar refractivity (Wildman–Crippen MR) is 114 cm³/mol. The number of nitrogens with one attached hydrogen (secondary N) is 1. The lowest BCUT2D eigenvalue weighted by molar-refractivity contribution is 0.0945. The van der Waals surface area contributed by atoms with Crippen molar-refractivity contribution in [2.45, 2.75) is 19.6 Å². The second-order valence-electron chi connectivity index (χ2n) is 7.21. The van der Waals surface area contributed by atoms with Gasteiger partial charge in [-0.3, -0.25) is 14.7 Å². The summed E-state index contributed by atoms with van der Waals surface area (Å²) in [7, 11) is 1.69. The smallest absolute Gasteiger partial charge is 0.324 e. The van der Waals surface area contributed by atoms with Crippen LogP contribution in [0.4, 0.5) is 10.5 Å². The highest BCUT2D eigenvalue weighted by atomic mass is 16.2. The van der Waals surface area contributed by atoms with Gasteiger partial charge in [-0.2, -0.15) is 5.26 Å². The average Bonchev–Trinajstić information content (AvgIpc) is 2.81. The number of benzene rings is 1. The molecule has 3 heterocycles. The molecule has 1 aliphatic heterocycles. The molecule has 0 saturated carbocycles. The highest BCUT2D eigenvalue weighted by Gasteiger charge is 2.29. The van der Waals surface area contributed by atoms with E-state index >= 15 is 0 Å². The number of pyridine rings is 2. The molecular weight excluding hydrogens is 392 g/mol. The number of hydrogen-bond acceptors (Lipinski definition) is 5. The molecule has 0 unspecified atom stereocenters. The van der Waals surface area contributed by atoms with E-state index in [1.165, 1.54) is 4.90 Å². The van der Waals surface area contributed by atoms with Crippen molar-refractivity contribution in [3.8, 4) is 6.07 Å². The number of amides is 3. The number of aromatic nitrogens is 2. The van der Waals surface area contributed by atoms with Crippen LogP contribution in [-0.2, 0) is 19.6 Å². The summed E-state index contributed by atoms with van der Waals surface area (Å²) in [5.74, 6) is -0.299. The van der Waals surface area contributed by atoms with Crippen molar-refractivity contribution in [3.05, 3.63) is 89.0 Å². The first-order valence-electron chi connectivity index (χ1n) is 9.74. The molecule has 0 fully saturated rings. The van der Waals surface area contributed by atoms with Gasteiger partial charge in [0, 0.05) is 26.3 Å². The van der Waals surface area contributed by atoms with Crippen molar-refractivity contribution in [1.29, 1.82) is 5.26 Å². The zero-order valence-electron chi connectivity index (χ0n) is 16.9. The standard InChI is InChI=1S/C23H20N6O2/c1-28-21-13-26-20(22(30)27-12-19-4-2-3-9-25-19)10-18(21)15-29(23(28)31)14-17-7-5-16(11-24)6-8-17/h2-10,13H,12,14-15H2,1H3,(H,27,30). The summed E-state index contributed by atoms with van der Waals surface area (Å²) < 4.78 is 0. The molecule has 0 saturated heterocycles. The summed E-state index contributed by atoms with van der Waals surface area (Å²) in [4.78, 5) is 37.0. The quantitative estimate of drug-likeness (QED) is 0.694. The summed E-state index contributed by atoms with van der Waals surface area (Å²) in [5.41, 5.74) is 4.06. The molecule has 3 aromatic rings. The highest BCUT2D eigenvalue weighted by molar-refractivity contribution is 5.96. The van der Waals surface area contributed by atoms with Crippen molar-refractivity contribution in [3.63, 3.8) is 0 Å². The van der Waals surface area contributed by atoms with Crippen molar-refractivity contribution >= 4 is 17.6 Å². The molecule has 1 N–H and O–H groups in total. The summed E-state index contributed by atoms with van der Waals surface area (Å²) in [6, 6.07) is 16.3. The first-order chi connectivity index (χ1) is 15.0. The zero-order chi connectivity index (χ0) is 21.8. The van der Waals surface area contributed by atoms with Crippen LogP contribution in [0.5, 0.6) is 0 Å². The van der Waals surface area contributed by atoms with Crippen LogP contribution < -0.4 is 10.2 Å². The van der Waals surface area contributed by atoms with Crippen molar-refractivity contribution in [2.75, 3.05) is 11.9 Å². The van der Waals surface area contributed by atoms with E-state index in [2.05, 4.69) is 21.4 Å². The molecule has 4 rings (SSSR count). The number of nitriles is 1. The summed E-state index contributed by atoms with van der Waals surface area (Å²) in [6.45, 7) is 1.07. The molecule has 8 nitrogen and oxygen atoms in total. The number of fused-ring (bicyclic) bond motifs is 1. The molecule has 0 atom stereocenters. The number of hydrogen-bond donors (Lipinski definition) is 1. The Kier molecular flexibility index (Phi) is 5.58. The summed E-state index contributed by atoms with van der Waals surface area (Å²) in [6.07, 6.45) is 3.23. The second kappa shape index (κ2) is 8.63. The van der Waals surface area contributed by atoms with Gasteiger partial charge in [0.25, 0.3) is 5.91 Å². The van der Waals surface area contributed by atoms with E-state index in [0.29, 0.717) is 30.9 Å². The molecule has 31 heavy (non-hydrogen) atoms. The maximum absolute atomic E-state index is 12.8. The van der Waals surface area contributed by atoms with Crippen LogP contribution in [-0.4, -0.2) is 33.9 Å². The van der Waals surface area contributed by atoms with Crippen molar-refractivity contribution in [1.82, 2.24) is 20.2 Å². The first kappa shape index (κ1) is 20.0. The Labute approximate surface area is 179 Å². The Balaban J connectivity index is 1.50. The van der Waals surface area contributed by atoms with Crippen LogP contribution in [0.3, 0.4) is 0 Å². The van der Waals surface area contributed by atoms with Crippen LogP contribution >= 0.6 is 0 Å². The minimum Gasteiger partial charge on any atom is -0.345 e. The number of carbonyl (C=O) groups is 2. The van der Waals surface area contributed by atoms with Crippen LogP contribution in [0.1, 0.15) is 32.9 Å². The monoisotopic (exact) mass is 412 g/mol. The van der Waals surface area contributed by atoms with E-state index < -0.39 is 0 Å². The van der Waals surface area contributed by atoms with Gasteiger partial charge in [0.1, 0.15) is 5.69 Å². The summed E-state index contributed by atoms with van der Waals surface area (Å²) >= 11 is 0. The maximum Gasteiger partial charge on any atom is 0.324 e. The Morgan fingerprint density at radius 3 is 2.71 bits per heavy atom. The third-order valence-electron chi connectivity index (χ3n) is 5.09. The van der Waals surface area contributed by atoms with Gasteiger partial charge in [-0.25, -0.2) is 9.78 Å². The van der Waals surface area contributed by atoms with E-state index in [4.69, 9.17) is 5.26 Å². The van der Waals surface area contributed by atoms with Gasteiger partial charge in [0.05, 0.1) is 35.8 Å². The van der Waals surface area contributed by atoms with E-state index in [9.17, 15) is 9.59 Å². The van der Waals surface area contributed by atoms with E-state index in [1.54, 1.807) is 42.5 Å². The fraction of sp³-hybridized carbons (Fsp3) is 0.174. The van der Waals surface area contributed by atoms with Gasteiger partial charge < -0.3 is 10.2 Å². The van der Waals surface area contributed by atoms with Gasteiger partial charge in [0.2, 0.25) is 0 Å². The lowest BCUT2D eigenvalue weighted by atomic mass is 10.1. The van der Waals surface area contributed by atoms with E-state index in [1.807, 2.05) is 30.3 Å². The predicted octanol–water partition coefficient (Wildman–Crippen LogP) is 2.85. The first-order valence-corrected chi connectivity index (χ1v) is 9.74. The molecule has 8 heteroatoms. The van der Waals surface area contributed by atoms with Gasteiger partial charge in [0.15, 0.2) is 0 Å². The fourth-order valence-electron chi connectivity index (χ4n) is 3.42. The Bertz CT molecular complexity index is 1150. The lowest BCUT2D eigenvalue weighted by Crippen LogP contribution is -2.44. The molecule has 3 amide bonds. The molecular formula is C23H20N6O2. The zero-order valence-corrected chi connectivity index (χ0v) is 16.9. The lowest BCUT2D eigenvalue weighted by Gasteiger charge is -2.35. The van der Waals surface area contributed by atoms with Crippen LogP contribution in [0, 0.1) is 11.3 Å². The minimum atomic E-state index is -0.299. The third-order valence-corrected chi connectivity index (χ3v) is 5.09. The maximum atomic E-state index is 12.8. The highest BCUT2D eigenvalue weighted by Crippen LogP contribution is 2.28. The molecule has 2 aromatic heterocycles. The Hall–Kier alpha value is -4.25. The van der Waals surface area contributed by atoms with Crippen molar-refractivity contribution in [2.24, 2.45) is 0 Å².